The molecule has 5 nitrogen and oxygen atoms in total. The van der Waals surface area contributed by atoms with Gasteiger partial charge in [-0.15, -0.1) is 0 Å². The van der Waals surface area contributed by atoms with Gasteiger partial charge >= 0.3 is 6.09 Å². The van der Waals surface area contributed by atoms with Crippen molar-refractivity contribution >= 4 is 11.8 Å². The highest BCUT2D eigenvalue weighted by Crippen LogP contribution is 2.33. The predicted molar refractivity (Wildman–Crippen MR) is 100 cm³/mol. The number of aliphatic hydroxyl groups is 1. The molecule has 1 atom stereocenters. The molecule has 2 aliphatic rings. The molecule has 0 bridgehead atoms. The molecule has 2 aromatic rings. The molecule has 2 aliphatic heterocycles. The summed E-state index contributed by atoms with van der Waals surface area (Å²) in [6, 6.07) is 15.6. The van der Waals surface area contributed by atoms with Gasteiger partial charge in [0, 0.05) is 25.3 Å². The minimum atomic E-state index is -0.924. The molecule has 27 heavy (non-hydrogen) atoms. The number of rotatable bonds is 4. The van der Waals surface area contributed by atoms with Crippen molar-refractivity contribution in [1.29, 1.82) is 0 Å². The van der Waals surface area contributed by atoms with Crippen molar-refractivity contribution in [2.24, 2.45) is 0 Å². The average Bonchev–Trinajstić information content (AvgIpc) is 3.05. The van der Waals surface area contributed by atoms with Crippen molar-refractivity contribution in [3.8, 4) is 0 Å². The van der Waals surface area contributed by atoms with E-state index >= 15 is 0 Å². The molecule has 2 aromatic carbocycles. The van der Waals surface area contributed by atoms with E-state index in [4.69, 9.17) is 4.74 Å². The van der Waals surface area contributed by atoms with Gasteiger partial charge in [-0.1, -0.05) is 30.3 Å². The second kappa shape index (κ2) is 7.29. The van der Waals surface area contributed by atoms with Gasteiger partial charge in [-0.25, -0.2) is 9.18 Å². The van der Waals surface area contributed by atoms with Crippen LogP contribution in [0.15, 0.2) is 54.6 Å². The maximum absolute atomic E-state index is 13.1. The number of piperidine rings is 1. The van der Waals surface area contributed by atoms with Crippen molar-refractivity contribution < 1.29 is 19.0 Å². The molecule has 1 amide bonds. The molecule has 6 heteroatoms. The molecule has 0 aromatic heterocycles. The van der Waals surface area contributed by atoms with Gasteiger partial charge in [-0.2, -0.15) is 0 Å². The van der Waals surface area contributed by atoms with Gasteiger partial charge in [0.15, 0.2) is 0 Å². The summed E-state index contributed by atoms with van der Waals surface area (Å²) in [6.45, 7) is 2.58. The van der Waals surface area contributed by atoms with Gasteiger partial charge in [0.1, 0.15) is 11.9 Å². The monoisotopic (exact) mass is 370 g/mol. The number of amides is 1. The molecule has 4 rings (SSSR count). The minimum Gasteiger partial charge on any atom is -0.443 e. The largest absolute Gasteiger partial charge is 0.443 e. The molecular formula is C21H23FN2O3. The van der Waals surface area contributed by atoms with E-state index in [-0.39, 0.29) is 18.0 Å². The number of benzene rings is 2. The van der Waals surface area contributed by atoms with Crippen LogP contribution in [0.3, 0.4) is 0 Å². The average molecular weight is 370 g/mol. The molecule has 2 fully saturated rings. The van der Waals surface area contributed by atoms with E-state index in [0.717, 1.165) is 11.3 Å². The zero-order valence-corrected chi connectivity index (χ0v) is 15.1. The molecular weight excluding hydrogens is 347 g/mol. The minimum absolute atomic E-state index is 0.185. The van der Waals surface area contributed by atoms with Crippen molar-refractivity contribution in [2.45, 2.75) is 24.5 Å². The van der Waals surface area contributed by atoms with E-state index in [1.54, 1.807) is 17.0 Å². The Morgan fingerprint density at radius 3 is 2.41 bits per heavy atom. The number of nitrogens with zero attached hydrogens (tertiary/aromatic N) is 2. The topological polar surface area (TPSA) is 53.0 Å². The van der Waals surface area contributed by atoms with Crippen LogP contribution in [0.25, 0.3) is 0 Å². The number of halogens is 1. The first-order valence-corrected chi connectivity index (χ1v) is 9.27. The third-order valence-electron chi connectivity index (χ3n) is 5.47. The fraction of sp³-hybridized carbons (Fsp3) is 0.381. The van der Waals surface area contributed by atoms with E-state index in [2.05, 4.69) is 4.90 Å². The van der Waals surface area contributed by atoms with Gasteiger partial charge < -0.3 is 9.84 Å². The Morgan fingerprint density at radius 1 is 1.07 bits per heavy atom. The summed E-state index contributed by atoms with van der Waals surface area (Å²) in [5, 5.41) is 10.9. The highest BCUT2D eigenvalue weighted by molar-refractivity contribution is 5.89. The maximum Gasteiger partial charge on any atom is 0.414 e. The molecule has 2 saturated heterocycles. The molecule has 1 unspecified atom stereocenters. The number of anilines is 1. The first-order chi connectivity index (χ1) is 13.0. The van der Waals surface area contributed by atoms with Crippen molar-refractivity contribution in [3.05, 3.63) is 66.0 Å². The number of carbonyl (C=O) groups excluding carboxylic acids is 1. The fourth-order valence-electron chi connectivity index (χ4n) is 3.88. The Bertz CT molecular complexity index is 789. The Hall–Kier alpha value is -2.44. The molecule has 142 valence electrons. The summed E-state index contributed by atoms with van der Waals surface area (Å²) in [4.78, 5) is 16.0. The summed E-state index contributed by atoms with van der Waals surface area (Å²) >= 11 is 0. The van der Waals surface area contributed by atoms with E-state index in [1.165, 1.54) is 12.1 Å². The molecule has 0 spiro atoms. The summed E-state index contributed by atoms with van der Waals surface area (Å²) < 4.78 is 18.6. The highest BCUT2D eigenvalue weighted by atomic mass is 19.1. The fourth-order valence-corrected chi connectivity index (χ4v) is 3.88. The molecule has 0 saturated carbocycles. The van der Waals surface area contributed by atoms with E-state index < -0.39 is 5.60 Å². The zero-order chi connectivity index (χ0) is 18.9. The Kier molecular flexibility index (Phi) is 4.85. The van der Waals surface area contributed by atoms with Crippen LogP contribution in [-0.2, 0) is 10.3 Å². The second-order valence-corrected chi connectivity index (χ2v) is 7.29. The number of hydrogen-bond donors (Lipinski definition) is 1. The Labute approximate surface area is 158 Å². The quantitative estimate of drug-likeness (QED) is 0.898. The third kappa shape index (κ3) is 3.82. The van der Waals surface area contributed by atoms with E-state index in [0.29, 0.717) is 39.0 Å². The van der Waals surface area contributed by atoms with Crippen molar-refractivity contribution in [3.63, 3.8) is 0 Å². The van der Waals surface area contributed by atoms with Crippen LogP contribution < -0.4 is 4.90 Å². The maximum atomic E-state index is 13.1. The van der Waals surface area contributed by atoms with Gasteiger partial charge in [-0.3, -0.25) is 9.80 Å². The van der Waals surface area contributed by atoms with Gasteiger partial charge in [-0.05, 0) is 42.7 Å². The molecule has 1 N–H and O–H groups in total. The Balaban J connectivity index is 1.33. The van der Waals surface area contributed by atoms with Crippen LogP contribution in [0.4, 0.5) is 14.9 Å². The predicted octanol–water partition coefficient (Wildman–Crippen LogP) is 3.13. The second-order valence-electron chi connectivity index (χ2n) is 7.29. The highest BCUT2D eigenvalue weighted by Gasteiger charge is 2.37. The normalized spacial score (nSPS) is 22.7. The lowest BCUT2D eigenvalue weighted by atomic mass is 9.84. The van der Waals surface area contributed by atoms with Gasteiger partial charge in [0.05, 0.1) is 12.1 Å². The molecule has 0 aliphatic carbocycles. The summed E-state index contributed by atoms with van der Waals surface area (Å²) in [5.41, 5.74) is 0.674. The summed E-state index contributed by atoms with van der Waals surface area (Å²) in [7, 11) is 0. The number of ether oxygens (including phenoxy) is 1. The van der Waals surface area contributed by atoms with Gasteiger partial charge in [0.25, 0.3) is 0 Å². The lowest BCUT2D eigenvalue weighted by Gasteiger charge is -2.39. The van der Waals surface area contributed by atoms with Crippen molar-refractivity contribution in [2.75, 3.05) is 31.1 Å². The van der Waals surface area contributed by atoms with E-state index in [1.807, 2.05) is 30.3 Å². The molecule has 0 radical (unpaired) electrons. The van der Waals surface area contributed by atoms with Crippen LogP contribution in [0.1, 0.15) is 18.4 Å². The smallest absolute Gasteiger partial charge is 0.414 e. The van der Waals surface area contributed by atoms with Crippen LogP contribution in [-0.4, -0.2) is 48.4 Å². The van der Waals surface area contributed by atoms with Gasteiger partial charge in [0.2, 0.25) is 0 Å². The lowest BCUT2D eigenvalue weighted by molar-refractivity contribution is -0.0325. The lowest BCUT2D eigenvalue weighted by Crippen LogP contribution is -2.45. The summed E-state index contributed by atoms with van der Waals surface area (Å²) in [5.74, 6) is -0.300. The zero-order valence-electron chi connectivity index (χ0n) is 15.1. The van der Waals surface area contributed by atoms with E-state index in [9.17, 15) is 14.3 Å². The van der Waals surface area contributed by atoms with Crippen LogP contribution in [0, 0.1) is 5.82 Å². The first kappa shape index (κ1) is 17.9. The summed E-state index contributed by atoms with van der Waals surface area (Å²) in [6.07, 6.45) is 0.643. The Morgan fingerprint density at radius 2 is 1.74 bits per heavy atom. The van der Waals surface area contributed by atoms with Crippen LogP contribution in [0.2, 0.25) is 0 Å². The number of cyclic esters (lactones) is 1. The number of likely N-dealkylation sites (tertiary alicyclic amines) is 1. The van der Waals surface area contributed by atoms with Crippen molar-refractivity contribution in [1.82, 2.24) is 4.90 Å². The first-order valence-electron chi connectivity index (χ1n) is 9.27. The SMILES string of the molecule is O=C1OC(CN2CCC(O)(c3ccc(F)cc3)CC2)CN1c1ccccc1. The number of para-hydroxylation sites is 1. The number of hydrogen-bond acceptors (Lipinski definition) is 4. The standard InChI is InChI=1S/C21H23FN2O3/c22-17-8-6-16(7-9-17)21(26)10-12-23(13-11-21)14-19-15-24(20(25)27-19)18-4-2-1-3-5-18/h1-9,19,26H,10-15H2. The van der Waals surface area contributed by atoms with Crippen LogP contribution in [0.5, 0.6) is 0 Å². The van der Waals surface area contributed by atoms with Crippen LogP contribution >= 0.6 is 0 Å². The third-order valence-corrected chi connectivity index (χ3v) is 5.47. The molecule has 2 heterocycles. The number of carbonyl (C=O) groups is 1.